The summed E-state index contributed by atoms with van der Waals surface area (Å²) in [7, 11) is 0. The summed E-state index contributed by atoms with van der Waals surface area (Å²) in [5.74, 6) is 0.767. The van der Waals surface area contributed by atoms with Crippen molar-refractivity contribution >= 4 is 6.03 Å². The predicted molar refractivity (Wildman–Crippen MR) is 98.1 cm³/mol. The highest BCUT2D eigenvalue weighted by molar-refractivity contribution is 5.74. The van der Waals surface area contributed by atoms with Gasteiger partial charge in [-0.2, -0.15) is 0 Å². The first-order valence-electron chi connectivity index (χ1n) is 9.32. The summed E-state index contributed by atoms with van der Waals surface area (Å²) in [6, 6.07) is 10.5. The highest BCUT2D eigenvalue weighted by Gasteiger charge is 2.27. The molecular formula is C20H32N2O2. The summed E-state index contributed by atoms with van der Waals surface area (Å²) < 4.78 is 0. The van der Waals surface area contributed by atoms with Crippen molar-refractivity contribution in [2.75, 3.05) is 19.7 Å². The minimum Gasteiger partial charge on any atom is -0.396 e. The van der Waals surface area contributed by atoms with Crippen LogP contribution in [0.3, 0.4) is 0 Å². The molecule has 1 aromatic rings. The van der Waals surface area contributed by atoms with Gasteiger partial charge in [-0.3, -0.25) is 0 Å². The van der Waals surface area contributed by atoms with Crippen LogP contribution >= 0.6 is 0 Å². The van der Waals surface area contributed by atoms with Gasteiger partial charge >= 0.3 is 6.03 Å². The van der Waals surface area contributed by atoms with Crippen LogP contribution in [0.15, 0.2) is 30.3 Å². The van der Waals surface area contributed by atoms with Crippen molar-refractivity contribution in [1.82, 2.24) is 10.2 Å². The SMILES string of the molecule is CC(C)CC1CCCCN1C(=O)NCC(CCO)c1ccccc1. The number of likely N-dealkylation sites (tertiary alicyclic amines) is 1. The van der Waals surface area contributed by atoms with E-state index in [0.717, 1.165) is 25.8 Å². The smallest absolute Gasteiger partial charge is 0.317 e. The van der Waals surface area contributed by atoms with E-state index in [2.05, 4.69) is 31.3 Å². The summed E-state index contributed by atoms with van der Waals surface area (Å²) >= 11 is 0. The predicted octanol–water partition coefficient (Wildman–Crippen LogP) is 3.76. The fourth-order valence-corrected chi connectivity index (χ4v) is 3.64. The molecule has 2 unspecified atom stereocenters. The molecule has 2 N–H and O–H groups in total. The van der Waals surface area contributed by atoms with Gasteiger partial charge in [-0.1, -0.05) is 44.2 Å². The maximum atomic E-state index is 12.7. The first-order chi connectivity index (χ1) is 11.6. The molecule has 2 rings (SSSR count). The molecule has 4 nitrogen and oxygen atoms in total. The van der Waals surface area contributed by atoms with Crippen molar-refractivity contribution in [2.24, 2.45) is 5.92 Å². The third-order valence-electron chi connectivity index (χ3n) is 4.88. The van der Waals surface area contributed by atoms with Crippen LogP contribution in [-0.4, -0.2) is 41.8 Å². The number of hydrogen-bond donors (Lipinski definition) is 2. The molecular weight excluding hydrogens is 300 g/mol. The highest BCUT2D eigenvalue weighted by Crippen LogP contribution is 2.23. The van der Waals surface area contributed by atoms with Crippen LogP contribution in [0, 0.1) is 5.92 Å². The van der Waals surface area contributed by atoms with Crippen LogP contribution in [-0.2, 0) is 0 Å². The van der Waals surface area contributed by atoms with Crippen molar-refractivity contribution in [3.05, 3.63) is 35.9 Å². The Morgan fingerprint density at radius 1 is 1.29 bits per heavy atom. The lowest BCUT2D eigenvalue weighted by atomic mass is 9.94. The summed E-state index contributed by atoms with van der Waals surface area (Å²) in [6.07, 6.45) is 5.18. The molecule has 1 fully saturated rings. The fourth-order valence-electron chi connectivity index (χ4n) is 3.64. The first kappa shape index (κ1) is 18.8. The lowest BCUT2D eigenvalue weighted by molar-refractivity contribution is 0.139. The number of benzene rings is 1. The van der Waals surface area contributed by atoms with Gasteiger partial charge in [0.1, 0.15) is 0 Å². The van der Waals surface area contributed by atoms with Crippen LogP contribution in [0.1, 0.15) is 57.4 Å². The maximum Gasteiger partial charge on any atom is 0.317 e. The van der Waals surface area contributed by atoms with E-state index in [0.29, 0.717) is 24.9 Å². The zero-order chi connectivity index (χ0) is 17.4. The zero-order valence-corrected chi connectivity index (χ0v) is 15.1. The molecule has 2 atom stereocenters. The standard InChI is InChI=1S/C20H32N2O2/c1-16(2)14-19-10-6-7-12-22(19)20(24)21-15-18(11-13-23)17-8-4-3-5-9-17/h3-5,8-9,16,18-19,23H,6-7,10-15H2,1-2H3,(H,21,24). The number of carbonyl (C=O) groups is 1. The molecule has 4 heteroatoms. The largest absolute Gasteiger partial charge is 0.396 e. The highest BCUT2D eigenvalue weighted by atomic mass is 16.3. The fraction of sp³-hybridized carbons (Fsp3) is 0.650. The van der Waals surface area contributed by atoms with Crippen LogP contribution in [0.4, 0.5) is 4.79 Å². The van der Waals surface area contributed by atoms with Gasteiger partial charge in [0.05, 0.1) is 0 Å². The number of aliphatic hydroxyl groups excluding tert-OH is 1. The quantitative estimate of drug-likeness (QED) is 0.799. The van der Waals surface area contributed by atoms with E-state index in [9.17, 15) is 9.90 Å². The molecule has 0 aliphatic carbocycles. The molecule has 0 spiro atoms. The molecule has 1 heterocycles. The third-order valence-corrected chi connectivity index (χ3v) is 4.88. The van der Waals surface area contributed by atoms with Gasteiger partial charge in [-0.25, -0.2) is 4.79 Å². The number of rotatable bonds is 7. The zero-order valence-electron chi connectivity index (χ0n) is 15.1. The lowest BCUT2D eigenvalue weighted by Gasteiger charge is -2.37. The molecule has 0 aromatic heterocycles. The lowest BCUT2D eigenvalue weighted by Crippen LogP contribution is -2.49. The Kier molecular flexibility index (Phi) is 7.57. The Labute approximate surface area is 146 Å². The topological polar surface area (TPSA) is 52.6 Å². The van der Waals surface area contributed by atoms with Crippen LogP contribution < -0.4 is 5.32 Å². The number of carbonyl (C=O) groups excluding carboxylic acids is 1. The summed E-state index contributed by atoms with van der Waals surface area (Å²) in [6.45, 7) is 6.01. The molecule has 1 aliphatic heterocycles. The number of hydrogen-bond acceptors (Lipinski definition) is 2. The number of nitrogens with zero attached hydrogens (tertiary/aromatic N) is 1. The average molecular weight is 332 g/mol. The summed E-state index contributed by atoms with van der Waals surface area (Å²) in [5.41, 5.74) is 1.17. The van der Waals surface area contributed by atoms with Crippen LogP contribution in [0.25, 0.3) is 0 Å². The Morgan fingerprint density at radius 3 is 2.71 bits per heavy atom. The van der Waals surface area contributed by atoms with E-state index >= 15 is 0 Å². The Morgan fingerprint density at radius 2 is 2.04 bits per heavy atom. The molecule has 0 bridgehead atoms. The minimum atomic E-state index is 0.0548. The summed E-state index contributed by atoms with van der Waals surface area (Å²) in [5, 5.41) is 12.4. The summed E-state index contributed by atoms with van der Waals surface area (Å²) in [4.78, 5) is 14.7. The van der Waals surface area contributed by atoms with E-state index in [1.807, 2.05) is 23.1 Å². The molecule has 24 heavy (non-hydrogen) atoms. The number of amides is 2. The monoisotopic (exact) mass is 332 g/mol. The van der Waals surface area contributed by atoms with Crippen molar-refractivity contribution in [3.8, 4) is 0 Å². The normalized spacial score (nSPS) is 19.3. The number of piperidine rings is 1. The Hall–Kier alpha value is -1.55. The van der Waals surface area contributed by atoms with Crippen molar-refractivity contribution in [3.63, 3.8) is 0 Å². The Bertz CT molecular complexity index is 490. The van der Waals surface area contributed by atoms with Crippen molar-refractivity contribution in [2.45, 2.75) is 57.9 Å². The Balaban J connectivity index is 1.94. The van der Waals surface area contributed by atoms with Gasteiger partial charge < -0.3 is 15.3 Å². The number of urea groups is 1. The molecule has 1 saturated heterocycles. The molecule has 0 saturated carbocycles. The van der Waals surface area contributed by atoms with Gasteiger partial charge in [-0.15, -0.1) is 0 Å². The van der Waals surface area contributed by atoms with Gasteiger partial charge in [0.25, 0.3) is 0 Å². The van der Waals surface area contributed by atoms with E-state index in [-0.39, 0.29) is 18.6 Å². The second kappa shape index (κ2) is 9.67. The van der Waals surface area contributed by atoms with Crippen LogP contribution in [0.2, 0.25) is 0 Å². The third kappa shape index (κ3) is 5.52. The van der Waals surface area contributed by atoms with E-state index < -0.39 is 0 Å². The van der Waals surface area contributed by atoms with Crippen LogP contribution in [0.5, 0.6) is 0 Å². The van der Waals surface area contributed by atoms with Gasteiger partial charge in [0, 0.05) is 31.7 Å². The van der Waals surface area contributed by atoms with Gasteiger partial charge in [0.15, 0.2) is 0 Å². The van der Waals surface area contributed by atoms with Gasteiger partial charge in [0.2, 0.25) is 0 Å². The minimum absolute atomic E-state index is 0.0548. The number of aliphatic hydroxyl groups is 1. The van der Waals surface area contributed by atoms with E-state index in [1.54, 1.807) is 0 Å². The molecule has 134 valence electrons. The maximum absolute atomic E-state index is 12.7. The molecule has 2 amide bonds. The molecule has 1 aromatic carbocycles. The molecule has 0 radical (unpaired) electrons. The van der Waals surface area contributed by atoms with E-state index in [4.69, 9.17) is 0 Å². The number of nitrogens with one attached hydrogen (secondary N) is 1. The van der Waals surface area contributed by atoms with Crippen molar-refractivity contribution < 1.29 is 9.90 Å². The van der Waals surface area contributed by atoms with Gasteiger partial charge in [-0.05, 0) is 43.6 Å². The average Bonchev–Trinajstić information content (AvgIpc) is 2.59. The second-order valence-electron chi connectivity index (χ2n) is 7.28. The molecule has 1 aliphatic rings. The first-order valence-corrected chi connectivity index (χ1v) is 9.32. The second-order valence-corrected chi connectivity index (χ2v) is 7.28. The van der Waals surface area contributed by atoms with Crippen molar-refractivity contribution in [1.29, 1.82) is 0 Å². The van der Waals surface area contributed by atoms with E-state index in [1.165, 1.54) is 12.0 Å².